The van der Waals surface area contributed by atoms with Gasteiger partial charge in [-0.3, -0.25) is 9.59 Å². The van der Waals surface area contributed by atoms with E-state index in [4.69, 9.17) is 4.74 Å². The number of ether oxygens (including phenoxy) is 1. The SMILES string of the molecule is COC(=O)CNC1CCC(Nc2cc(Nc3ccccn3)c3ncc(C(=O)Nc4ccnc(F)c4)n3n2)CC1. The minimum absolute atomic E-state index is 0.148. The quantitative estimate of drug-likeness (QED) is 0.187. The van der Waals surface area contributed by atoms with Crippen LogP contribution >= 0.6 is 0 Å². The van der Waals surface area contributed by atoms with Crippen LogP contribution in [0.3, 0.4) is 0 Å². The van der Waals surface area contributed by atoms with E-state index in [1.807, 2.05) is 24.3 Å². The van der Waals surface area contributed by atoms with E-state index in [-0.39, 0.29) is 36.0 Å². The molecule has 0 atom stereocenters. The van der Waals surface area contributed by atoms with Crippen LogP contribution in [0.15, 0.2) is 55.0 Å². The van der Waals surface area contributed by atoms with Crippen LogP contribution in [0.5, 0.6) is 0 Å². The van der Waals surface area contributed by atoms with Crippen molar-refractivity contribution in [3.8, 4) is 0 Å². The molecule has 12 nitrogen and oxygen atoms in total. The van der Waals surface area contributed by atoms with Crippen LogP contribution in [0, 0.1) is 5.95 Å². The molecule has 0 bridgehead atoms. The van der Waals surface area contributed by atoms with Crippen molar-refractivity contribution in [3.63, 3.8) is 0 Å². The molecule has 5 rings (SSSR count). The first kappa shape index (κ1) is 26.0. The van der Waals surface area contributed by atoms with Crippen LogP contribution in [0.2, 0.25) is 0 Å². The Morgan fingerprint density at radius 1 is 1.03 bits per heavy atom. The molecule has 0 unspecified atom stereocenters. The van der Waals surface area contributed by atoms with Gasteiger partial charge in [-0.15, -0.1) is 5.10 Å². The number of pyridine rings is 2. The van der Waals surface area contributed by atoms with Crippen molar-refractivity contribution in [1.29, 1.82) is 0 Å². The normalized spacial score (nSPS) is 17.0. The number of halogens is 1. The summed E-state index contributed by atoms with van der Waals surface area (Å²) in [5, 5.41) is 17.3. The van der Waals surface area contributed by atoms with E-state index < -0.39 is 11.9 Å². The van der Waals surface area contributed by atoms with Gasteiger partial charge in [0.1, 0.15) is 11.6 Å². The molecule has 4 aromatic rings. The smallest absolute Gasteiger partial charge is 0.319 e. The van der Waals surface area contributed by atoms with Crippen molar-refractivity contribution < 1.29 is 18.7 Å². The first-order chi connectivity index (χ1) is 19.0. The predicted octanol–water partition coefficient (Wildman–Crippen LogP) is 3.14. The Hall–Kier alpha value is -4.65. The zero-order valence-corrected chi connectivity index (χ0v) is 21.2. The number of hydrogen-bond donors (Lipinski definition) is 4. The van der Waals surface area contributed by atoms with Gasteiger partial charge in [0.05, 0.1) is 25.5 Å². The Morgan fingerprint density at radius 2 is 1.85 bits per heavy atom. The topological polar surface area (TPSA) is 147 Å². The van der Waals surface area contributed by atoms with Crippen LogP contribution in [-0.2, 0) is 9.53 Å². The zero-order chi connectivity index (χ0) is 27.2. The van der Waals surface area contributed by atoms with Crippen LogP contribution in [0.25, 0.3) is 5.65 Å². The van der Waals surface area contributed by atoms with Gasteiger partial charge >= 0.3 is 5.97 Å². The largest absolute Gasteiger partial charge is 0.468 e. The van der Waals surface area contributed by atoms with E-state index in [9.17, 15) is 14.0 Å². The molecule has 0 spiro atoms. The number of anilines is 4. The minimum atomic E-state index is -0.701. The van der Waals surface area contributed by atoms with Gasteiger partial charge in [0.25, 0.3) is 5.91 Å². The van der Waals surface area contributed by atoms with Gasteiger partial charge in [-0.2, -0.15) is 4.39 Å². The highest BCUT2D eigenvalue weighted by Crippen LogP contribution is 2.27. The highest BCUT2D eigenvalue weighted by molar-refractivity contribution is 6.03. The van der Waals surface area contributed by atoms with Gasteiger partial charge in [-0.1, -0.05) is 6.07 Å². The number of amides is 1. The summed E-state index contributed by atoms with van der Waals surface area (Å²) < 4.78 is 19.7. The molecule has 0 aromatic carbocycles. The van der Waals surface area contributed by atoms with Crippen LogP contribution in [0.1, 0.15) is 36.2 Å². The molecule has 1 aliphatic carbocycles. The number of aromatic nitrogens is 5. The summed E-state index contributed by atoms with van der Waals surface area (Å²) in [6.45, 7) is 0.192. The Labute approximate surface area is 223 Å². The monoisotopic (exact) mass is 533 g/mol. The predicted molar refractivity (Wildman–Crippen MR) is 142 cm³/mol. The van der Waals surface area contributed by atoms with Crippen LogP contribution in [-0.4, -0.2) is 62.2 Å². The van der Waals surface area contributed by atoms with Crippen molar-refractivity contribution in [3.05, 3.63) is 66.6 Å². The van der Waals surface area contributed by atoms with Crippen molar-refractivity contribution in [2.45, 2.75) is 37.8 Å². The van der Waals surface area contributed by atoms with Crippen LogP contribution in [0.4, 0.5) is 27.4 Å². The molecule has 1 amide bonds. The van der Waals surface area contributed by atoms with E-state index in [0.717, 1.165) is 31.7 Å². The molecule has 1 saturated carbocycles. The van der Waals surface area contributed by atoms with E-state index >= 15 is 0 Å². The summed E-state index contributed by atoms with van der Waals surface area (Å²) in [6, 6.07) is 10.3. The average Bonchev–Trinajstić information content (AvgIpc) is 3.37. The molecule has 4 heterocycles. The summed E-state index contributed by atoms with van der Waals surface area (Å²) in [5.74, 6) is -0.329. The van der Waals surface area contributed by atoms with E-state index in [0.29, 0.717) is 23.0 Å². The number of imidazole rings is 1. The Kier molecular flexibility index (Phi) is 7.87. The second-order valence-electron chi connectivity index (χ2n) is 9.13. The van der Waals surface area contributed by atoms with Crippen LogP contribution < -0.4 is 21.3 Å². The molecule has 13 heteroatoms. The second-order valence-corrected chi connectivity index (χ2v) is 9.13. The van der Waals surface area contributed by atoms with Gasteiger partial charge in [-0.05, 0) is 43.9 Å². The minimum Gasteiger partial charge on any atom is -0.468 e. The first-order valence-electron chi connectivity index (χ1n) is 12.5. The summed E-state index contributed by atoms with van der Waals surface area (Å²) in [7, 11) is 1.37. The maximum absolute atomic E-state index is 13.5. The van der Waals surface area contributed by atoms with E-state index in [1.54, 1.807) is 6.20 Å². The zero-order valence-electron chi connectivity index (χ0n) is 21.2. The molecule has 0 aliphatic heterocycles. The van der Waals surface area contributed by atoms with Crippen molar-refractivity contribution in [2.75, 3.05) is 29.6 Å². The number of rotatable bonds is 9. The summed E-state index contributed by atoms with van der Waals surface area (Å²) >= 11 is 0. The lowest BCUT2D eigenvalue weighted by atomic mass is 9.91. The molecule has 0 saturated heterocycles. The van der Waals surface area contributed by atoms with Crippen molar-refractivity contribution >= 4 is 40.5 Å². The molecule has 1 fully saturated rings. The summed E-state index contributed by atoms with van der Waals surface area (Å²) in [6.07, 6.45) is 7.87. The third-order valence-electron chi connectivity index (χ3n) is 6.45. The van der Waals surface area contributed by atoms with E-state index in [1.165, 1.54) is 30.1 Å². The fourth-order valence-electron chi connectivity index (χ4n) is 4.49. The maximum Gasteiger partial charge on any atom is 0.319 e. The van der Waals surface area contributed by atoms with Gasteiger partial charge in [-0.25, -0.2) is 19.5 Å². The highest BCUT2D eigenvalue weighted by Gasteiger charge is 2.23. The molecule has 202 valence electrons. The number of nitrogens with zero attached hydrogens (tertiary/aromatic N) is 5. The maximum atomic E-state index is 13.5. The summed E-state index contributed by atoms with van der Waals surface area (Å²) in [4.78, 5) is 36.8. The molecular weight excluding hydrogens is 505 g/mol. The standard InChI is InChI=1S/C26H28FN9O3/c1-39-24(37)15-30-16-5-7-17(8-6-16)32-23-13-19(34-22-4-2-3-10-29-22)25-31-14-20(36(25)35-23)26(38)33-18-9-11-28-21(27)12-18/h2-4,9-14,16-17,30H,5-8,15H2,1H3,(H,29,34)(H,32,35)(H,28,33,38). The average molecular weight is 534 g/mol. The van der Waals surface area contributed by atoms with E-state index in [2.05, 4.69) is 41.3 Å². The lowest BCUT2D eigenvalue weighted by Gasteiger charge is -2.30. The van der Waals surface area contributed by atoms with Crippen molar-refractivity contribution in [2.24, 2.45) is 0 Å². The van der Waals surface area contributed by atoms with Crippen molar-refractivity contribution in [1.82, 2.24) is 29.9 Å². The molecular formula is C26H28FN9O3. The molecule has 4 aromatic heterocycles. The number of esters is 1. The molecule has 4 N–H and O–H groups in total. The third kappa shape index (κ3) is 6.44. The summed E-state index contributed by atoms with van der Waals surface area (Å²) in [5.41, 5.74) is 1.47. The number of fused-ring (bicyclic) bond motifs is 1. The third-order valence-corrected chi connectivity index (χ3v) is 6.45. The Morgan fingerprint density at radius 3 is 2.59 bits per heavy atom. The lowest BCUT2D eigenvalue weighted by molar-refractivity contribution is -0.139. The number of hydrogen-bond acceptors (Lipinski definition) is 10. The number of methoxy groups -OCH3 is 1. The Bertz CT molecular complexity index is 1460. The van der Waals surface area contributed by atoms with Gasteiger partial charge in [0.2, 0.25) is 5.95 Å². The number of carbonyl (C=O) groups excluding carboxylic acids is 2. The fourth-order valence-corrected chi connectivity index (χ4v) is 4.49. The second kappa shape index (κ2) is 11.8. The molecule has 39 heavy (non-hydrogen) atoms. The molecule has 1 aliphatic rings. The number of nitrogens with one attached hydrogen (secondary N) is 4. The lowest BCUT2D eigenvalue weighted by Crippen LogP contribution is -2.39. The molecule has 0 radical (unpaired) electrons. The highest BCUT2D eigenvalue weighted by atomic mass is 19.1. The van der Waals surface area contributed by atoms with Gasteiger partial charge in [0, 0.05) is 42.3 Å². The number of carbonyl (C=O) groups is 2. The van der Waals surface area contributed by atoms with Gasteiger partial charge in [0.15, 0.2) is 11.3 Å². The van der Waals surface area contributed by atoms with Gasteiger partial charge < -0.3 is 26.0 Å². The fraction of sp³-hybridized carbons (Fsp3) is 0.308. The first-order valence-corrected chi connectivity index (χ1v) is 12.5. The Balaban J connectivity index is 1.37.